The number of rotatable bonds is 3. The zero-order valence-corrected chi connectivity index (χ0v) is 18.1. The first-order valence-corrected chi connectivity index (χ1v) is 11.1. The Kier molecular flexibility index (Phi) is 4.43. The number of carboxylic acid groups (broad SMARTS) is 1. The molecule has 33 heavy (non-hydrogen) atoms. The van der Waals surface area contributed by atoms with Crippen molar-refractivity contribution in [2.75, 3.05) is 18.0 Å². The molecule has 2 aliphatic rings. The van der Waals surface area contributed by atoms with E-state index in [1.165, 1.54) is 11.2 Å². The van der Waals surface area contributed by atoms with Gasteiger partial charge < -0.3 is 14.9 Å². The monoisotopic (exact) mass is 443 g/mol. The topological polar surface area (TPSA) is 82.5 Å². The van der Waals surface area contributed by atoms with Gasteiger partial charge in [0.1, 0.15) is 23.4 Å². The van der Waals surface area contributed by atoms with E-state index in [1.807, 2.05) is 35.2 Å². The summed E-state index contributed by atoms with van der Waals surface area (Å²) < 4.78 is 15.9. The van der Waals surface area contributed by atoms with Gasteiger partial charge in [-0.1, -0.05) is 43.3 Å². The number of hydrogen-bond donors (Lipinski definition) is 1. The van der Waals surface area contributed by atoms with Crippen molar-refractivity contribution in [2.24, 2.45) is 0 Å². The molecule has 4 heterocycles. The number of carbonyl (C=O) groups is 1. The smallest absolute Gasteiger partial charge is 0.407 e. The third kappa shape index (κ3) is 2.86. The number of likely N-dealkylation sites (tertiary alicyclic amines) is 1. The van der Waals surface area contributed by atoms with E-state index in [0.717, 1.165) is 34.7 Å². The second-order valence-electron chi connectivity index (χ2n) is 8.61. The molecule has 0 unspecified atom stereocenters. The van der Waals surface area contributed by atoms with Crippen molar-refractivity contribution in [1.82, 2.24) is 19.9 Å². The zero-order chi connectivity index (χ0) is 22.7. The van der Waals surface area contributed by atoms with Gasteiger partial charge in [-0.15, -0.1) is 0 Å². The van der Waals surface area contributed by atoms with Crippen LogP contribution in [0.2, 0.25) is 0 Å². The highest BCUT2D eigenvalue weighted by Gasteiger charge is 2.49. The van der Waals surface area contributed by atoms with Crippen molar-refractivity contribution >= 4 is 33.6 Å². The van der Waals surface area contributed by atoms with Crippen LogP contribution in [0.15, 0.2) is 48.9 Å². The number of fused-ring (bicyclic) bond motifs is 3. The second-order valence-corrected chi connectivity index (χ2v) is 8.61. The van der Waals surface area contributed by atoms with Gasteiger partial charge in [0.05, 0.1) is 17.5 Å². The summed E-state index contributed by atoms with van der Waals surface area (Å²) in [6.07, 6.45) is 3.69. The Labute approximate surface area is 189 Å². The lowest BCUT2D eigenvalue weighted by atomic mass is 9.95. The van der Waals surface area contributed by atoms with Crippen LogP contribution in [0.1, 0.15) is 18.9 Å². The molecular weight excluding hydrogens is 421 g/mol. The molecule has 0 bridgehead atoms. The van der Waals surface area contributed by atoms with Crippen LogP contribution in [0.25, 0.3) is 32.9 Å². The van der Waals surface area contributed by atoms with Gasteiger partial charge in [-0.3, -0.25) is 4.98 Å². The molecule has 2 fully saturated rings. The molecule has 1 amide bonds. The zero-order valence-electron chi connectivity index (χ0n) is 18.1. The van der Waals surface area contributed by atoms with Crippen LogP contribution in [0.3, 0.4) is 0 Å². The van der Waals surface area contributed by atoms with Crippen LogP contribution in [0.5, 0.6) is 0 Å². The maximum absolute atomic E-state index is 15.9. The molecule has 7 nitrogen and oxygen atoms in total. The van der Waals surface area contributed by atoms with E-state index in [2.05, 4.69) is 27.9 Å². The van der Waals surface area contributed by atoms with E-state index in [-0.39, 0.29) is 23.3 Å². The Morgan fingerprint density at radius 1 is 1.15 bits per heavy atom. The molecule has 2 atom stereocenters. The van der Waals surface area contributed by atoms with E-state index in [4.69, 9.17) is 0 Å². The molecule has 8 heteroatoms. The lowest BCUT2D eigenvalue weighted by molar-refractivity contribution is 0.129. The van der Waals surface area contributed by atoms with Gasteiger partial charge in [0.15, 0.2) is 5.82 Å². The minimum atomic E-state index is -0.895. The number of anilines is 1. The third-order valence-corrected chi connectivity index (χ3v) is 7.04. The van der Waals surface area contributed by atoms with Crippen molar-refractivity contribution in [3.8, 4) is 11.3 Å². The summed E-state index contributed by atoms with van der Waals surface area (Å²) in [4.78, 5) is 28.2. The molecule has 1 N–H and O–H groups in total. The van der Waals surface area contributed by atoms with E-state index in [1.54, 1.807) is 6.20 Å². The van der Waals surface area contributed by atoms with Gasteiger partial charge in [-0.25, -0.2) is 19.2 Å². The number of nitrogens with zero attached hydrogens (tertiary/aromatic N) is 5. The molecule has 0 saturated carbocycles. The van der Waals surface area contributed by atoms with Gasteiger partial charge in [0.25, 0.3) is 0 Å². The van der Waals surface area contributed by atoms with Crippen LogP contribution in [-0.2, 0) is 6.42 Å². The van der Waals surface area contributed by atoms with E-state index < -0.39 is 11.9 Å². The first kappa shape index (κ1) is 19.8. The summed E-state index contributed by atoms with van der Waals surface area (Å²) in [6.45, 7) is 3.13. The Hall–Kier alpha value is -3.81. The maximum Gasteiger partial charge on any atom is 0.407 e. The molecule has 4 aromatic rings. The molecule has 2 aromatic heterocycles. The molecule has 0 aliphatic carbocycles. The quantitative estimate of drug-likeness (QED) is 0.503. The lowest BCUT2D eigenvalue weighted by Crippen LogP contribution is -2.63. The maximum atomic E-state index is 15.9. The van der Waals surface area contributed by atoms with Gasteiger partial charge >= 0.3 is 6.09 Å². The van der Waals surface area contributed by atoms with Gasteiger partial charge in [-0.05, 0) is 29.2 Å². The number of pyridine rings is 1. The second kappa shape index (κ2) is 7.37. The Morgan fingerprint density at radius 2 is 1.97 bits per heavy atom. The summed E-state index contributed by atoms with van der Waals surface area (Å²) >= 11 is 0. The highest BCUT2D eigenvalue weighted by atomic mass is 19.1. The highest BCUT2D eigenvalue weighted by Crippen LogP contribution is 2.40. The largest absolute Gasteiger partial charge is 0.465 e. The van der Waals surface area contributed by atoms with Crippen LogP contribution in [-0.4, -0.2) is 56.2 Å². The normalized spacial score (nSPS) is 19.7. The van der Waals surface area contributed by atoms with Crippen molar-refractivity contribution < 1.29 is 14.3 Å². The van der Waals surface area contributed by atoms with Crippen LogP contribution in [0, 0.1) is 5.82 Å². The lowest BCUT2D eigenvalue weighted by Gasteiger charge is -2.47. The summed E-state index contributed by atoms with van der Waals surface area (Å²) in [6, 6.07) is 12.0. The molecule has 0 spiro atoms. The van der Waals surface area contributed by atoms with Crippen LogP contribution in [0.4, 0.5) is 15.0 Å². The predicted octanol–water partition coefficient (Wildman–Crippen LogP) is 4.49. The SMILES string of the molecule is CCc1cccc2cccc(-c3ncc4c(N5C[C@@H]6[C@H]5CCN6C(=O)O)ncnc4c3F)c12. The molecule has 6 rings (SSSR count). The summed E-state index contributed by atoms with van der Waals surface area (Å²) in [7, 11) is 0. The number of amides is 1. The minimum absolute atomic E-state index is 0.0483. The Balaban J connectivity index is 1.46. The van der Waals surface area contributed by atoms with Crippen molar-refractivity contribution in [3.63, 3.8) is 0 Å². The van der Waals surface area contributed by atoms with Gasteiger partial charge in [-0.2, -0.15) is 0 Å². The minimum Gasteiger partial charge on any atom is -0.465 e. The fraction of sp³-hybridized carbons (Fsp3) is 0.280. The van der Waals surface area contributed by atoms with Crippen molar-refractivity contribution in [1.29, 1.82) is 0 Å². The Morgan fingerprint density at radius 3 is 2.76 bits per heavy atom. The van der Waals surface area contributed by atoms with Crippen molar-refractivity contribution in [3.05, 3.63) is 60.3 Å². The average molecular weight is 443 g/mol. The fourth-order valence-corrected chi connectivity index (χ4v) is 5.41. The molecule has 166 valence electrons. The fourth-order valence-electron chi connectivity index (χ4n) is 5.41. The number of halogens is 1. The van der Waals surface area contributed by atoms with E-state index >= 15 is 4.39 Å². The van der Waals surface area contributed by atoms with Crippen LogP contribution < -0.4 is 4.90 Å². The predicted molar refractivity (Wildman–Crippen MR) is 124 cm³/mol. The summed E-state index contributed by atoms with van der Waals surface area (Å²) in [5, 5.41) is 12.0. The molecule has 2 aliphatic heterocycles. The molecule has 2 saturated heterocycles. The van der Waals surface area contributed by atoms with Gasteiger partial charge in [0.2, 0.25) is 0 Å². The van der Waals surface area contributed by atoms with Crippen molar-refractivity contribution in [2.45, 2.75) is 31.8 Å². The van der Waals surface area contributed by atoms with E-state index in [0.29, 0.717) is 24.3 Å². The van der Waals surface area contributed by atoms with E-state index in [9.17, 15) is 9.90 Å². The summed E-state index contributed by atoms with van der Waals surface area (Å²) in [5.74, 6) is 0.142. The van der Waals surface area contributed by atoms with Gasteiger partial charge in [0, 0.05) is 24.8 Å². The number of benzene rings is 2. The molecule has 2 aromatic carbocycles. The first-order valence-electron chi connectivity index (χ1n) is 11.1. The average Bonchev–Trinajstić information content (AvgIpc) is 3.15. The third-order valence-electron chi connectivity index (χ3n) is 7.04. The highest BCUT2D eigenvalue weighted by molar-refractivity contribution is 6.00. The van der Waals surface area contributed by atoms with Crippen LogP contribution >= 0.6 is 0 Å². The standard InChI is InChI=1S/C25H22FN5O2/c1-2-14-5-3-6-15-7-4-8-16(20(14)15)22-21(26)23-17(11-27-22)24(29-13-28-23)31-12-19-18(31)9-10-30(19)25(32)33/h3-8,11,13,18-19H,2,9-10,12H2,1H3,(H,32,33)/t18-,19-/m1/s1. The Bertz CT molecular complexity index is 1420. The molecular formula is C25H22FN5O2. The summed E-state index contributed by atoms with van der Waals surface area (Å²) in [5.41, 5.74) is 2.40. The number of hydrogen-bond acceptors (Lipinski definition) is 5. The number of aromatic nitrogens is 3. The molecule has 0 radical (unpaired) electrons. The first-order chi connectivity index (χ1) is 16.1. The number of aryl methyl sites for hydroxylation is 1.